The van der Waals surface area contributed by atoms with Crippen LogP contribution in [0.2, 0.25) is 5.02 Å². The smallest absolute Gasteiger partial charge is 0.257 e. The Bertz CT molecular complexity index is 688. The molecule has 2 aromatic rings. The zero-order valence-corrected chi connectivity index (χ0v) is 13.8. The van der Waals surface area contributed by atoms with Crippen LogP contribution in [0.25, 0.3) is 5.69 Å². The third kappa shape index (κ3) is 3.41. The van der Waals surface area contributed by atoms with E-state index >= 15 is 0 Å². The van der Waals surface area contributed by atoms with Gasteiger partial charge in [0, 0.05) is 30.9 Å². The number of aryl methyl sites for hydroxylation is 1. The summed E-state index contributed by atoms with van der Waals surface area (Å²) in [5.74, 6) is 0.330. The molecule has 23 heavy (non-hydrogen) atoms. The van der Waals surface area contributed by atoms with Gasteiger partial charge in [-0.15, -0.1) is 0 Å². The maximum absolute atomic E-state index is 12.7. The number of aliphatic hydroxyl groups is 1. The molecule has 6 heteroatoms. The number of halogens is 1. The van der Waals surface area contributed by atoms with Crippen molar-refractivity contribution in [3.63, 3.8) is 0 Å². The summed E-state index contributed by atoms with van der Waals surface area (Å²) < 4.78 is 1.71. The van der Waals surface area contributed by atoms with E-state index in [1.54, 1.807) is 23.0 Å². The molecule has 1 saturated heterocycles. The van der Waals surface area contributed by atoms with Crippen LogP contribution >= 0.6 is 11.6 Å². The standard InChI is InChI=1S/C17H20ClN3O2/c1-12-16(17(23)20-8-6-13(11-22)7-9-20)10-21(19-12)15-4-2-14(18)3-5-15/h2-5,10,13,22H,6-9,11H2,1H3. The highest BCUT2D eigenvalue weighted by molar-refractivity contribution is 6.30. The van der Waals surface area contributed by atoms with Crippen molar-refractivity contribution in [2.24, 2.45) is 5.92 Å². The summed E-state index contributed by atoms with van der Waals surface area (Å²) in [6.07, 6.45) is 3.48. The van der Waals surface area contributed by atoms with Crippen molar-refractivity contribution in [3.05, 3.63) is 46.7 Å². The Labute approximate surface area is 140 Å². The second kappa shape index (κ2) is 6.72. The van der Waals surface area contributed by atoms with Gasteiger partial charge in [-0.1, -0.05) is 11.6 Å². The van der Waals surface area contributed by atoms with Gasteiger partial charge in [-0.25, -0.2) is 4.68 Å². The van der Waals surface area contributed by atoms with Crippen molar-refractivity contribution >= 4 is 17.5 Å². The van der Waals surface area contributed by atoms with Crippen molar-refractivity contribution in [2.45, 2.75) is 19.8 Å². The van der Waals surface area contributed by atoms with E-state index in [0.717, 1.165) is 18.5 Å². The number of rotatable bonds is 3. The number of likely N-dealkylation sites (tertiary alicyclic amines) is 1. The first-order chi connectivity index (χ1) is 11.1. The molecule has 5 nitrogen and oxygen atoms in total. The molecular weight excluding hydrogens is 314 g/mol. The van der Waals surface area contributed by atoms with E-state index in [1.807, 2.05) is 24.0 Å². The average molecular weight is 334 g/mol. The quantitative estimate of drug-likeness (QED) is 0.939. The van der Waals surface area contributed by atoms with Crippen LogP contribution in [-0.2, 0) is 0 Å². The summed E-state index contributed by atoms with van der Waals surface area (Å²) in [5, 5.41) is 14.3. The van der Waals surface area contributed by atoms with E-state index in [-0.39, 0.29) is 12.5 Å². The molecule has 1 aliphatic heterocycles. The molecule has 122 valence electrons. The van der Waals surface area contributed by atoms with Crippen LogP contribution in [0.1, 0.15) is 28.9 Å². The van der Waals surface area contributed by atoms with E-state index in [2.05, 4.69) is 5.10 Å². The number of aliphatic hydroxyl groups excluding tert-OH is 1. The number of piperidine rings is 1. The van der Waals surface area contributed by atoms with Gasteiger partial charge >= 0.3 is 0 Å². The highest BCUT2D eigenvalue weighted by Gasteiger charge is 2.25. The molecule has 0 atom stereocenters. The number of benzene rings is 1. The van der Waals surface area contributed by atoms with Gasteiger partial charge in [-0.05, 0) is 49.9 Å². The lowest BCUT2D eigenvalue weighted by molar-refractivity contribution is 0.0650. The molecule has 1 fully saturated rings. The third-order valence-electron chi connectivity index (χ3n) is 4.38. The topological polar surface area (TPSA) is 58.4 Å². The van der Waals surface area contributed by atoms with Gasteiger partial charge in [-0.3, -0.25) is 4.79 Å². The monoisotopic (exact) mass is 333 g/mol. The average Bonchev–Trinajstić information content (AvgIpc) is 2.96. The second-order valence-electron chi connectivity index (χ2n) is 5.97. The molecule has 0 bridgehead atoms. The molecule has 0 aliphatic carbocycles. The Morgan fingerprint density at radius 3 is 2.57 bits per heavy atom. The third-order valence-corrected chi connectivity index (χ3v) is 4.63. The van der Waals surface area contributed by atoms with Gasteiger partial charge in [0.15, 0.2) is 0 Å². The Hall–Kier alpha value is -1.85. The van der Waals surface area contributed by atoms with Crippen LogP contribution in [0.15, 0.2) is 30.5 Å². The van der Waals surface area contributed by atoms with E-state index in [4.69, 9.17) is 11.6 Å². The van der Waals surface area contributed by atoms with Crippen LogP contribution in [-0.4, -0.2) is 45.4 Å². The van der Waals surface area contributed by atoms with Crippen molar-refractivity contribution in [1.29, 1.82) is 0 Å². The molecule has 3 rings (SSSR count). The van der Waals surface area contributed by atoms with Crippen molar-refractivity contribution in [2.75, 3.05) is 19.7 Å². The fourth-order valence-corrected chi connectivity index (χ4v) is 3.01. The first-order valence-corrected chi connectivity index (χ1v) is 8.18. The van der Waals surface area contributed by atoms with Crippen LogP contribution in [0, 0.1) is 12.8 Å². The lowest BCUT2D eigenvalue weighted by Gasteiger charge is -2.31. The zero-order chi connectivity index (χ0) is 16.4. The first-order valence-electron chi connectivity index (χ1n) is 7.81. The summed E-state index contributed by atoms with van der Waals surface area (Å²) in [6.45, 7) is 3.43. The molecule has 1 aromatic heterocycles. The number of carbonyl (C=O) groups is 1. The maximum Gasteiger partial charge on any atom is 0.257 e. The summed E-state index contributed by atoms with van der Waals surface area (Å²) in [5.41, 5.74) is 2.21. The lowest BCUT2D eigenvalue weighted by Crippen LogP contribution is -2.39. The van der Waals surface area contributed by atoms with E-state index in [1.165, 1.54) is 0 Å². The molecule has 0 unspecified atom stereocenters. The highest BCUT2D eigenvalue weighted by atomic mass is 35.5. The Balaban J connectivity index is 1.78. The minimum Gasteiger partial charge on any atom is -0.396 e. The van der Waals surface area contributed by atoms with Gasteiger partial charge < -0.3 is 10.0 Å². The second-order valence-corrected chi connectivity index (χ2v) is 6.40. The van der Waals surface area contributed by atoms with Crippen LogP contribution in [0.3, 0.4) is 0 Å². The fraction of sp³-hybridized carbons (Fsp3) is 0.412. The SMILES string of the molecule is Cc1nn(-c2ccc(Cl)cc2)cc1C(=O)N1CCC(CO)CC1. The number of hydrogen-bond acceptors (Lipinski definition) is 3. The Kier molecular flexibility index (Phi) is 4.68. The fourth-order valence-electron chi connectivity index (χ4n) is 2.89. The van der Waals surface area contributed by atoms with Gasteiger partial charge in [-0.2, -0.15) is 5.10 Å². The minimum atomic E-state index is 0.0131. The highest BCUT2D eigenvalue weighted by Crippen LogP contribution is 2.21. The lowest BCUT2D eigenvalue weighted by atomic mass is 9.97. The Morgan fingerprint density at radius 1 is 1.30 bits per heavy atom. The van der Waals surface area contributed by atoms with Crippen LogP contribution in [0.4, 0.5) is 0 Å². The predicted molar refractivity (Wildman–Crippen MR) is 89.0 cm³/mol. The molecule has 1 aromatic carbocycles. The van der Waals surface area contributed by atoms with E-state index in [9.17, 15) is 9.90 Å². The molecule has 0 saturated carbocycles. The molecule has 1 amide bonds. The van der Waals surface area contributed by atoms with Crippen LogP contribution < -0.4 is 0 Å². The normalized spacial score (nSPS) is 15.9. The molecule has 0 radical (unpaired) electrons. The number of amides is 1. The molecule has 0 spiro atoms. The van der Waals surface area contributed by atoms with Crippen molar-refractivity contribution < 1.29 is 9.90 Å². The van der Waals surface area contributed by atoms with Crippen molar-refractivity contribution in [3.8, 4) is 5.69 Å². The summed E-state index contributed by atoms with van der Waals surface area (Å²) in [4.78, 5) is 14.6. The molecule has 1 N–H and O–H groups in total. The van der Waals surface area contributed by atoms with Gasteiger partial charge in [0.05, 0.1) is 16.9 Å². The molecular formula is C17H20ClN3O2. The van der Waals surface area contributed by atoms with Crippen molar-refractivity contribution in [1.82, 2.24) is 14.7 Å². The molecule has 1 aliphatic rings. The molecule has 2 heterocycles. The largest absolute Gasteiger partial charge is 0.396 e. The summed E-state index contributed by atoms with van der Waals surface area (Å²) in [6, 6.07) is 7.34. The Morgan fingerprint density at radius 2 is 1.96 bits per heavy atom. The van der Waals surface area contributed by atoms with Gasteiger partial charge in [0.2, 0.25) is 0 Å². The predicted octanol–water partition coefficient (Wildman–Crippen LogP) is 2.68. The summed E-state index contributed by atoms with van der Waals surface area (Å²) in [7, 11) is 0. The van der Waals surface area contributed by atoms with Gasteiger partial charge in [0.25, 0.3) is 5.91 Å². The number of aromatic nitrogens is 2. The van der Waals surface area contributed by atoms with E-state index < -0.39 is 0 Å². The number of nitrogens with zero attached hydrogens (tertiary/aromatic N) is 3. The summed E-state index contributed by atoms with van der Waals surface area (Å²) >= 11 is 5.90. The number of hydrogen-bond donors (Lipinski definition) is 1. The van der Waals surface area contributed by atoms with Gasteiger partial charge in [0.1, 0.15) is 0 Å². The first kappa shape index (κ1) is 16.0. The maximum atomic E-state index is 12.7. The van der Waals surface area contributed by atoms with Crippen LogP contribution in [0.5, 0.6) is 0 Å². The number of carbonyl (C=O) groups excluding carboxylic acids is 1. The zero-order valence-electron chi connectivity index (χ0n) is 13.1. The minimum absolute atomic E-state index is 0.0131. The van der Waals surface area contributed by atoms with E-state index in [0.29, 0.717) is 35.3 Å².